The van der Waals surface area contributed by atoms with Crippen molar-refractivity contribution in [3.63, 3.8) is 0 Å². The van der Waals surface area contributed by atoms with Crippen LogP contribution in [-0.4, -0.2) is 74.3 Å². The van der Waals surface area contributed by atoms with Gasteiger partial charge in [-0.15, -0.1) is 0 Å². The molecule has 2 aliphatic heterocycles. The molecule has 37 heavy (non-hydrogen) atoms. The normalized spacial score (nSPS) is 24.3. The molecule has 2 saturated heterocycles. The standard InChI is InChI=1S/C25H31F2N9O/c26-15-5-7-34(9-15)10-17-18(11-36-14-32-21-22(28)30-13-31-23(21)36)20(4-3-19(17)27)35-8-6-25(29,12-35)24(37)33-16-1-2-16/h3-4,13-16H,1-2,5-12,29H2,(H,33,37)(H2,28,30,31). The van der Waals surface area contributed by atoms with Crippen LogP contribution in [0.5, 0.6) is 0 Å². The van der Waals surface area contributed by atoms with Crippen molar-refractivity contribution in [2.45, 2.75) is 56.5 Å². The third kappa shape index (κ3) is 4.59. The highest BCUT2D eigenvalue weighted by Gasteiger charge is 2.43. The number of likely N-dealkylation sites (tertiary alicyclic amines) is 1. The van der Waals surface area contributed by atoms with Crippen LogP contribution in [0.3, 0.4) is 0 Å². The van der Waals surface area contributed by atoms with Crippen LogP contribution in [0.1, 0.15) is 36.8 Å². The summed E-state index contributed by atoms with van der Waals surface area (Å²) in [6.07, 6.45) is 4.98. The third-order valence-electron chi connectivity index (χ3n) is 7.71. The third-order valence-corrected chi connectivity index (χ3v) is 7.71. The number of carbonyl (C=O) groups excluding carboxylic acids is 1. The van der Waals surface area contributed by atoms with E-state index in [-0.39, 0.29) is 43.2 Å². The van der Waals surface area contributed by atoms with Gasteiger partial charge in [0.15, 0.2) is 11.5 Å². The highest BCUT2D eigenvalue weighted by Crippen LogP contribution is 2.34. The van der Waals surface area contributed by atoms with Gasteiger partial charge in [-0.25, -0.2) is 23.7 Å². The predicted octanol–water partition coefficient (Wildman–Crippen LogP) is 1.33. The molecule has 2 atom stereocenters. The molecule has 4 heterocycles. The summed E-state index contributed by atoms with van der Waals surface area (Å²) >= 11 is 0. The molecule has 10 nitrogen and oxygen atoms in total. The summed E-state index contributed by atoms with van der Waals surface area (Å²) in [6, 6.07) is 3.41. The topological polar surface area (TPSA) is 131 Å². The van der Waals surface area contributed by atoms with Crippen molar-refractivity contribution < 1.29 is 13.6 Å². The van der Waals surface area contributed by atoms with E-state index < -0.39 is 11.7 Å². The molecule has 0 spiro atoms. The van der Waals surface area contributed by atoms with Gasteiger partial charge in [0.25, 0.3) is 0 Å². The van der Waals surface area contributed by atoms with Gasteiger partial charge >= 0.3 is 0 Å². The summed E-state index contributed by atoms with van der Waals surface area (Å²) in [4.78, 5) is 29.6. The highest BCUT2D eigenvalue weighted by atomic mass is 19.1. The SMILES string of the molecule is Nc1ncnc2c1ncn2Cc1c(N2CCC(N)(C(=O)NC3CC3)C2)ccc(F)c1CN1CCC(F)C1. The van der Waals surface area contributed by atoms with Gasteiger partial charge in [-0.1, -0.05) is 0 Å². The van der Waals surface area contributed by atoms with E-state index in [2.05, 4.69) is 25.2 Å². The van der Waals surface area contributed by atoms with Gasteiger partial charge in [0, 0.05) is 55.6 Å². The molecule has 1 saturated carbocycles. The maximum Gasteiger partial charge on any atom is 0.242 e. The Balaban J connectivity index is 1.37. The lowest BCUT2D eigenvalue weighted by Gasteiger charge is -2.28. The van der Waals surface area contributed by atoms with Crippen molar-refractivity contribution in [2.24, 2.45) is 5.73 Å². The number of nitrogens with one attached hydrogen (secondary N) is 1. The number of carbonyl (C=O) groups is 1. The second-order valence-electron chi connectivity index (χ2n) is 10.5. The molecule has 1 aromatic carbocycles. The molecule has 12 heteroatoms. The van der Waals surface area contributed by atoms with E-state index in [9.17, 15) is 9.18 Å². The van der Waals surface area contributed by atoms with Gasteiger partial charge in [-0.2, -0.15) is 0 Å². The monoisotopic (exact) mass is 511 g/mol. The number of fused-ring (bicyclic) bond motifs is 1. The van der Waals surface area contributed by atoms with Gasteiger partial charge in [-0.05, 0) is 37.8 Å². The minimum absolute atomic E-state index is 0.139. The van der Waals surface area contributed by atoms with Crippen LogP contribution >= 0.6 is 0 Å². The van der Waals surface area contributed by atoms with Crippen LogP contribution in [0.25, 0.3) is 11.2 Å². The molecule has 3 fully saturated rings. The van der Waals surface area contributed by atoms with E-state index in [4.69, 9.17) is 11.5 Å². The molecule has 1 amide bonds. The number of nitrogen functional groups attached to an aromatic ring is 1. The molecule has 196 valence electrons. The summed E-state index contributed by atoms with van der Waals surface area (Å²) in [5.41, 5.74) is 14.6. The number of aromatic nitrogens is 4. The van der Waals surface area contributed by atoms with Gasteiger partial charge in [0.2, 0.25) is 5.91 Å². The number of benzene rings is 1. The van der Waals surface area contributed by atoms with Gasteiger partial charge < -0.3 is 26.3 Å². The second kappa shape index (κ2) is 9.18. The Labute approximate surface area is 213 Å². The molecule has 0 radical (unpaired) electrons. The Morgan fingerprint density at radius 3 is 2.73 bits per heavy atom. The molecule has 2 aromatic heterocycles. The van der Waals surface area contributed by atoms with Crippen molar-refractivity contribution in [3.8, 4) is 0 Å². The number of halogens is 2. The Hall–Kier alpha value is -3.38. The number of rotatable bonds is 7. The molecule has 6 rings (SSSR count). The highest BCUT2D eigenvalue weighted by molar-refractivity contribution is 5.88. The number of nitrogens with two attached hydrogens (primary N) is 2. The number of nitrogens with zero attached hydrogens (tertiary/aromatic N) is 6. The largest absolute Gasteiger partial charge is 0.382 e. The van der Waals surface area contributed by atoms with Crippen LogP contribution in [0.15, 0.2) is 24.8 Å². The molecular weight excluding hydrogens is 480 g/mol. The van der Waals surface area contributed by atoms with Crippen LogP contribution in [0.4, 0.5) is 20.3 Å². The maximum atomic E-state index is 15.4. The molecule has 3 aromatic rings. The number of hydrogen-bond acceptors (Lipinski definition) is 8. The van der Waals surface area contributed by atoms with E-state index >= 15 is 4.39 Å². The molecule has 5 N–H and O–H groups in total. The molecule has 0 bridgehead atoms. The first kappa shape index (κ1) is 24.0. The predicted molar refractivity (Wildman–Crippen MR) is 135 cm³/mol. The first-order chi connectivity index (χ1) is 17.8. The molecular formula is C25H31F2N9O. The Morgan fingerprint density at radius 1 is 1.14 bits per heavy atom. The Morgan fingerprint density at radius 2 is 1.97 bits per heavy atom. The molecule has 2 unspecified atom stereocenters. The summed E-state index contributed by atoms with van der Waals surface area (Å²) in [7, 11) is 0. The Bertz CT molecular complexity index is 1340. The van der Waals surface area contributed by atoms with Crippen molar-refractivity contribution in [3.05, 3.63) is 41.7 Å². The van der Waals surface area contributed by atoms with E-state index in [1.165, 1.54) is 12.4 Å². The first-order valence-electron chi connectivity index (χ1n) is 12.7. The van der Waals surface area contributed by atoms with Crippen LogP contribution < -0.4 is 21.7 Å². The van der Waals surface area contributed by atoms with Gasteiger partial charge in [-0.3, -0.25) is 9.69 Å². The van der Waals surface area contributed by atoms with E-state index in [0.717, 1.165) is 24.1 Å². The lowest BCUT2D eigenvalue weighted by molar-refractivity contribution is -0.125. The fourth-order valence-electron chi connectivity index (χ4n) is 5.41. The van der Waals surface area contributed by atoms with E-state index in [0.29, 0.717) is 49.2 Å². The lowest BCUT2D eigenvalue weighted by atomic mass is 9.98. The summed E-state index contributed by atoms with van der Waals surface area (Å²) in [6.45, 7) is 2.27. The van der Waals surface area contributed by atoms with E-state index in [1.807, 2.05) is 9.47 Å². The average Bonchev–Trinajstić information content (AvgIpc) is 3.22. The van der Waals surface area contributed by atoms with Crippen LogP contribution in [0.2, 0.25) is 0 Å². The van der Waals surface area contributed by atoms with Gasteiger partial charge in [0.05, 0.1) is 12.9 Å². The van der Waals surface area contributed by atoms with Crippen molar-refractivity contribution in [2.75, 3.05) is 36.8 Å². The first-order valence-corrected chi connectivity index (χ1v) is 12.7. The minimum Gasteiger partial charge on any atom is -0.382 e. The van der Waals surface area contributed by atoms with Crippen molar-refractivity contribution >= 4 is 28.6 Å². The van der Waals surface area contributed by atoms with Crippen LogP contribution in [-0.2, 0) is 17.9 Å². The lowest BCUT2D eigenvalue weighted by Crippen LogP contribution is -2.56. The fourth-order valence-corrected chi connectivity index (χ4v) is 5.41. The number of imidazole rings is 1. The fraction of sp³-hybridized carbons (Fsp3) is 0.520. The molecule has 1 aliphatic carbocycles. The minimum atomic E-state index is -1.02. The molecule has 3 aliphatic rings. The van der Waals surface area contributed by atoms with Crippen molar-refractivity contribution in [1.29, 1.82) is 0 Å². The summed E-state index contributed by atoms with van der Waals surface area (Å²) < 4.78 is 31.2. The smallest absolute Gasteiger partial charge is 0.242 e. The zero-order chi connectivity index (χ0) is 25.7. The quantitative estimate of drug-likeness (QED) is 0.433. The zero-order valence-electron chi connectivity index (χ0n) is 20.5. The summed E-state index contributed by atoms with van der Waals surface area (Å²) in [5, 5.41) is 3.03. The number of amides is 1. The number of alkyl halides is 1. The van der Waals surface area contributed by atoms with Gasteiger partial charge in [0.1, 0.15) is 29.4 Å². The van der Waals surface area contributed by atoms with E-state index in [1.54, 1.807) is 12.4 Å². The maximum absolute atomic E-state index is 15.4. The number of hydrogen-bond donors (Lipinski definition) is 3. The average molecular weight is 512 g/mol. The zero-order valence-corrected chi connectivity index (χ0v) is 20.5. The second-order valence-corrected chi connectivity index (χ2v) is 10.5. The Kier molecular flexibility index (Phi) is 5.95. The van der Waals surface area contributed by atoms with Crippen molar-refractivity contribution in [1.82, 2.24) is 29.7 Å². The number of anilines is 2. The summed E-state index contributed by atoms with van der Waals surface area (Å²) in [5.74, 6) is -0.229. The van der Waals surface area contributed by atoms with Crippen LogP contribution in [0, 0.1) is 5.82 Å².